The predicted octanol–water partition coefficient (Wildman–Crippen LogP) is 3.15. The first kappa shape index (κ1) is 13.0. The van der Waals surface area contributed by atoms with Gasteiger partial charge in [-0.3, -0.25) is 4.90 Å². The number of phenols is 1. The second kappa shape index (κ2) is 5.85. The molecule has 0 amide bonds. The molecule has 0 spiro atoms. The molecular weight excluding hydrogens is 205 g/mol. The number of benzene rings is 1. The Hall–Kier alpha value is -1.09. The van der Waals surface area contributed by atoms with Crippen molar-refractivity contribution in [1.29, 1.82) is 0 Å². The summed E-state index contributed by atoms with van der Waals surface area (Å²) in [6.45, 7) is 7.86. The molecule has 0 saturated carbocycles. The Morgan fingerprint density at radius 3 is 2.62 bits per heavy atom. The number of rotatable bonds is 5. The topological polar surface area (TPSA) is 23.5 Å². The first-order chi connectivity index (χ1) is 7.54. The van der Waals surface area contributed by atoms with Gasteiger partial charge in [-0.05, 0) is 45.0 Å². The number of hydrogen-bond acceptors (Lipinski definition) is 2. The summed E-state index contributed by atoms with van der Waals surface area (Å²) in [5, 5.41) is 9.64. The molecule has 0 bridgehead atoms. The van der Waals surface area contributed by atoms with E-state index in [-0.39, 0.29) is 11.6 Å². The van der Waals surface area contributed by atoms with E-state index in [1.165, 1.54) is 18.2 Å². The number of hydrogen-bond donors (Lipinski definition) is 1. The van der Waals surface area contributed by atoms with Crippen LogP contribution in [0, 0.1) is 5.82 Å². The van der Waals surface area contributed by atoms with Crippen LogP contribution in [-0.2, 0) is 6.54 Å². The molecule has 0 radical (unpaired) electrons. The van der Waals surface area contributed by atoms with Crippen LogP contribution in [0.25, 0.3) is 0 Å². The van der Waals surface area contributed by atoms with Crippen LogP contribution in [-0.4, -0.2) is 22.6 Å². The summed E-state index contributed by atoms with van der Waals surface area (Å²) < 4.78 is 13.1. The highest BCUT2D eigenvalue weighted by molar-refractivity contribution is 5.32. The Labute approximate surface area is 96.7 Å². The van der Waals surface area contributed by atoms with E-state index in [0.717, 1.165) is 13.0 Å². The highest BCUT2D eigenvalue weighted by atomic mass is 19.1. The Bertz CT molecular complexity index is 339. The van der Waals surface area contributed by atoms with Gasteiger partial charge in [0.1, 0.15) is 11.6 Å². The molecule has 2 nitrogen and oxygen atoms in total. The molecule has 1 N–H and O–H groups in total. The molecule has 0 aliphatic heterocycles. The molecule has 0 aromatic heterocycles. The predicted molar refractivity (Wildman–Crippen MR) is 63.9 cm³/mol. The third kappa shape index (κ3) is 3.49. The largest absolute Gasteiger partial charge is 0.508 e. The average molecular weight is 225 g/mol. The van der Waals surface area contributed by atoms with Crippen LogP contribution in [0.5, 0.6) is 5.75 Å². The van der Waals surface area contributed by atoms with Crippen molar-refractivity contribution in [3.63, 3.8) is 0 Å². The molecule has 1 rings (SSSR count). The average Bonchev–Trinajstić information content (AvgIpc) is 2.22. The van der Waals surface area contributed by atoms with Gasteiger partial charge in [0.2, 0.25) is 0 Å². The number of nitrogens with zero attached hydrogens (tertiary/aromatic N) is 1. The van der Waals surface area contributed by atoms with E-state index in [9.17, 15) is 9.50 Å². The quantitative estimate of drug-likeness (QED) is 0.832. The number of phenolic OH excluding ortho intramolecular Hbond substituents is 1. The second-order valence-electron chi connectivity index (χ2n) is 4.34. The van der Waals surface area contributed by atoms with Crippen LogP contribution >= 0.6 is 0 Å². The van der Waals surface area contributed by atoms with E-state index in [0.29, 0.717) is 18.2 Å². The van der Waals surface area contributed by atoms with Gasteiger partial charge >= 0.3 is 0 Å². The summed E-state index contributed by atoms with van der Waals surface area (Å²) >= 11 is 0. The lowest BCUT2D eigenvalue weighted by Gasteiger charge is -2.26. The Balaban J connectivity index is 2.80. The van der Waals surface area contributed by atoms with Crippen molar-refractivity contribution in [2.24, 2.45) is 0 Å². The van der Waals surface area contributed by atoms with Gasteiger partial charge in [0, 0.05) is 18.2 Å². The molecule has 90 valence electrons. The molecule has 0 saturated heterocycles. The molecule has 0 atom stereocenters. The van der Waals surface area contributed by atoms with Gasteiger partial charge in [0.25, 0.3) is 0 Å². The zero-order valence-corrected chi connectivity index (χ0v) is 10.2. The fraction of sp³-hybridized carbons (Fsp3) is 0.538. The Morgan fingerprint density at radius 2 is 2.06 bits per heavy atom. The molecule has 3 heteroatoms. The van der Waals surface area contributed by atoms with Crippen LogP contribution in [0.15, 0.2) is 18.2 Å². The van der Waals surface area contributed by atoms with E-state index in [1.807, 2.05) is 0 Å². The van der Waals surface area contributed by atoms with Crippen molar-refractivity contribution in [3.05, 3.63) is 29.6 Å². The monoisotopic (exact) mass is 225 g/mol. The summed E-state index contributed by atoms with van der Waals surface area (Å²) in [4.78, 5) is 2.22. The Morgan fingerprint density at radius 1 is 1.38 bits per heavy atom. The van der Waals surface area contributed by atoms with Crippen LogP contribution in [0.1, 0.15) is 32.8 Å². The summed E-state index contributed by atoms with van der Waals surface area (Å²) in [6, 6.07) is 4.48. The highest BCUT2D eigenvalue weighted by Crippen LogP contribution is 2.20. The molecule has 0 heterocycles. The minimum atomic E-state index is -0.298. The molecule has 0 unspecified atom stereocenters. The van der Waals surface area contributed by atoms with Crippen molar-refractivity contribution in [2.75, 3.05) is 6.54 Å². The van der Waals surface area contributed by atoms with Gasteiger partial charge in [-0.25, -0.2) is 4.39 Å². The normalized spacial score (nSPS) is 11.4. The summed E-state index contributed by atoms with van der Waals surface area (Å²) in [5.41, 5.74) is 0.655. The lowest BCUT2D eigenvalue weighted by atomic mass is 10.1. The van der Waals surface area contributed by atoms with Crippen LogP contribution in [0.2, 0.25) is 0 Å². The molecule has 0 aliphatic rings. The van der Waals surface area contributed by atoms with Gasteiger partial charge in [0.15, 0.2) is 0 Å². The van der Waals surface area contributed by atoms with Gasteiger partial charge in [-0.15, -0.1) is 0 Å². The smallest absolute Gasteiger partial charge is 0.123 e. The van der Waals surface area contributed by atoms with Gasteiger partial charge in [0.05, 0.1) is 0 Å². The van der Waals surface area contributed by atoms with Crippen LogP contribution in [0.3, 0.4) is 0 Å². The Kier molecular flexibility index (Phi) is 4.74. The van der Waals surface area contributed by atoms with Crippen LogP contribution < -0.4 is 0 Å². The maximum atomic E-state index is 13.1. The SMILES string of the molecule is CCCN(Cc1cc(F)ccc1O)C(C)C. The van der Waals surface area contributed by atoms with E-state index >= 15 is 0 Å². The van der Waals surface area contributed by atoms with Crippen molar-refractivity contribution in [1.82, 2.24) is 4.90 Å². The second-order valence-corrected chi connectivity index (χ2v) is 4.34. The van der Waals surface area contributed by atoms with E-state index in [4.69, 9.17) is 0 Å². The first-order valence-corrected chi connectivity index (χ1v) is 5.76. The molecule has 1 aromatic rings. The third-order valence-electron chi connectivity index (χ3n) is 2.66. The molecular formula is C13H20FNO. The van der Waals surface area contributed by atoms with E-state index < -0.39 is 0 Å². The van der Waals surface area contributed by atoms with Crippen LogP contribution in [0.4, 0.5) is 4.39 Å². The summed E-state index contributed by atoms with van der Waals surface area (Å²) in [5.74, 6) is -0.129. The van der Waals surface area contributed by atoms with Gasteiger partial charge in [-0.2, -0.15) is 0 Å². The number of aromatic hydroxyl groups is 1. The fourth-order valence-corrected chi connectivity index (χ4v) is 1.71. The maximum Gasteiger partial charge on any atom is 0.123 e. The zero-order chi connectivity index (χ0) is 12.1. The lowest BCUT2D eigenvalue weighted by molar-refractivity contribution is 0.210. The van der Waals surface area contributed by atoms with E-state index in [1.54, 1.807) is 0 Å². The minimum absolute atomic E-state index is 0.170. The van der Waals surface area contributed by atoms with Crippen molar-refractivity contribution >= 4 is 0 Å². The van der Waals surface area contributed by atoms with E-state index in [2.05, 4.69) is 25.7 Å². The van der Waals surface area contributed by atoms with Crippen molar-refractivity contribution < 1.29 is 9.50 Å². The lowest BCUT2D eigenvalue weighted by Crippen LogP contribution is -2.31. The first-order valence-electron chi connectivity index (χ1n) is 5.76. The standard InChI is InChI=1S/C13H20FNO/c1-4-7-15(10(2)3)9-11-8-12(14)5-6-13(11)16/h5-6,8,10,16H,4,7,9H2,1-3H3. The van der Waals surface area contributed by atoms with Gasteiger partial charge < -0.3 is 5.11 Å². The molecule has 1 aromatic carbocycles. The maximum absolute atomic E-state index is 13.1. The minimum Gasteiger partial charge on any atom is -0.508 e. The summed E-state index contributed by atoms with van der Waals surface area (Å²) in [7, 11) is 0. The number of halogens is 1. The third-order valence-corrected chi connectivity index (χ3v) is 2.66. The highest BCUT2D eigenvalue weighted by Gasteiger charge is 2.12. The summed E-state index contributed by atoms with van der Waals surface area (Å²) in [6.07, 6.45) is 1.05. The van der Waals surface area contributed by atoms with Crippen molar-refractivity contribution in [2.45, 2.75) is 39.8 Å². The zero-order valence-electron chi connectivity index (χ0n) is 10.2. The molecule has 0 aliphatic carbocycles. The van der Waals surface area contributed by atoms with Crippen molar-refractivity contribution in [3.8, 4) is 5.75 Å². The molecule has 16 heavy (non-hydrogen) atoms. The molecule has 0 fully saturated rings. The fourth-order valence-electron chi connectivity index (χ4n) is 1.71. The van der Waals surface area contributed by atoms with Gasteiger partial charge in [-0.1, -0.05) is 6.92 Å².